The maximum absolute atomic E-state index is 13.0. The fourth-order valence-corrected chi connectivity index (χ4v) is 5.30. The molecule has 0 radical (unpaired) electrons. The number of esters is 1. The summed E-state index contributed by atoms with van der Waals surface area (Å²) in [6, 6.07) is 8.04. The number of rotatable bonds is 7. The van der Waals surface area contributed by atoms with Crippen LogP contribution in [-0.4, -0.2) is 54.7 Å². The van der Waals surface area contributed by atoms with Crippen molar-refractivity contribution in [3.05, 3.63) is 29.8 Å². The van der Waals surface area contributed by atoms with E-state index in [1.807, 2.05) is 34.1 Å². The minimum Gasteiger partial charge on any atom is -0.469 e. The van der Waals surface area contributed by atoms with Crippen molar-refractivity contribution in [2.45, 2.75) is 70.9 Å². The number of anilines is 1. The van der Waals surface area contributed by atoms with Crippen molar-refractivity contribution in [3.8, 4) is 0 Å². The fourth-order valence-electron chi connectivity index (χ4n) is 5.30. The standard InChI is InChI=1S/C24H37N3O3/c1-23(2)16-19(17-24(3,4)25-23)12-13-26-14-15-27(22(26)29)20-9-6-18(7-10-20)8-11-21(28)30-5/h6-7,9-10,19,25H,8,11-17H2,1-5H3. The van der Waals surface area contributed by atoms with Gasteiger partial charge in [-0.1, -0.05) is 12.1 Å². The molecule has 2 amide bonds. The lowest BCUT2D eigenvalue weighted by atomic mass is 9.74. The van der Waals surface area contributed by atoms with Crippen molar-refractivity contribution >= 4 is 17.7 Å². The average molecular weight is 416 g/mol. The third kappa shape index (κ3) is 5.75. The smallest absolute Gasteiger partial charge is 0.324 e. The van der Waals surface area contributed by atoms with Crippen LogP contribution in [0.3, 0.4) is 0 Å². The first-order chi connectivity index (χ1) is 14.1. The lowest BCUT2D eigenvalue weighted by molar-refractivity contribution is -0.140. The van der Waals surface area contributed by atoms with Crippen molar-refractivity contribution in [2.75, 3.05) is 31.6 Å². The number of amides is 2. The Bertz CT molecular complexity index is 741. The van der Waals surface area contributed by atoms with E-state index in [1.165, 1.54) is 7.11 Å². The van der Waals surface area contributed by atoms with Crippen LogP contribution in [0, 0.1) is 5.92 Å². The molecule has 3 rings (SSSR count). The molecule has 2 aliphatic rings. The molecule has 6 heteroatoms. The van der Waals surface area contributed by atoms with Crippen LogP contribution in [0.2, 0.25) is 0 Å². The van der Waals surface area contributed by atoms with E-state index in [1.54, 1.807) is 0 Å². The van der Waals surface area contributed by atoms with Gasteiger partial charge in [-0.3, -0.25) is 9.69 Å². The highest BCUT2D eigenvalue weighted by molar-refractivity contribution is 5.94. The van der Waals surface area contributed by atoms with Crippen LogP contribution in [0.4, 0.5) is 10.5 Å². The van der Waals surface area contributed by atoms with Gasteiger partial charge in [-0.15, -0.1) is 0 Å². The summed E-state index contributed by atoms with van der Waals surface area (Å²) in [5, 5.41) is 3.74. The molecule has 1 N–H and O–H groups in total. The van der Waals surface area contributed by atoms with E-state index in [4.69, 9.17) is 4.74 Å². The SMILES string of the molecule is COC(=O)CCc1ccc(N2CCN(CCC3CC(C)(C)NC(C)(C)C3)C2=O)cc1. The Balaban J connectivity index is 1.53. The molecule has 0 aromatic heterocycles. The molecular weight excluding hydrogens is 378 g/mol. The van der Waals surface area contributed by atoms with Crippen LogP contribution in [0.25, 0.3) is 0 Å². The number of nitrogens with one attached hydrogen (secondary N) is 1. The van der Waals surface area contributed by atoms with Gasteiger partial charge in [0, 0.05) is 42.8 Å². The molecule has 1 aromatic carbocycles. The van der Waals surface area contributed by atoms with E-state index in [2.05, 4.69) is 33.0 Å². The first kappa shape index (κ1) is 22.6. The van der Waals surface area contributed by atoms with Gasteiger partial charge in [0.2, 0.25) is 0 Å². The van der Waals surface area contributed by atoms with E-state index in [9.17, 15) is 9.59 Å². The molecule has 2 saturated heterocycles. The maximum atomic E-state index is 13.0. The van der Waals surface area contributed by atoms with Crippen LogP contribution >= 0.6 is 0 Å². The number of benzene rings is 1. The second kappa shape index (κ2) is 8.96. The third-order valence-corrected chi connectivity index (χ3v) is 6.27. The Kier molecular flexibility index (Phi) is 6.75. The van der Waals surface area contributed by atoms with Crippen LogP contribution < -0.4 is 10.2 Å². The van der Waals surface area contributed by atoms with E-state index in [0.717, 1.165) is 50.1 Å². The molecule has 1 aromatic rings. The minimum atomic E-state index is -0.204. The van der Waals surface area contributed by atoms with Gasteiger partial charge < -0.3 is 15.0 Å². The quantitative estimate of drug-likeness (QED) is 0.684. The van der Waals surface area contributed by atoms with Crippen molar-refractivity contribution < 1.29 is 14.3 Å². The summed E-state index contributed by atoms with van der Waals surface area (Å²) < 4.78 is 4.69. The van der Waals surface area contributed by atoms with Crippen molar-refractivity contribution in [1.29, 1.82) is 0 Å². The summed E-state index contributed by atoms with van der Waals surface area (Å²) in [6.07, 6.45) is 4.37. The van der Waals surface area contributed by atoms with Crippen LogP contribution in [0.5, 0.6) is 0 Å². The lowest BCUT2D eigenvalue weighted by Crippen LogP contribution is -2.58. The van der Waals surface area contributed by atoms with Crippen LogP contribution in [0.15, 0.2) is 24.3 Å². The predicted octanol–water partition coefficient (Wildman–Crippen LogP) is 3.98. The summed E-state index contributed by atoms with van der Waals surface area (Å²) in [7, 11) is 1.41. The minimum absolute atomic E-state index is 0.102. The summed E-state index contributed by atoms with van der Waals surface area (Å²) in [5.74, 6) is 0.428. The number of ether oxygens (including phenoxy) is 1. The van der Waals surface area contributed by atoms with Gasteiger partial charge in [0.05, 0.1) is 7.11 Å². The second-order valence-corrected chi connectivity index (χ2v) is 10.1. The number of methoxy groups -OCH3 is 1. The highest BCUT2D eigenvalue weighted by Gasteiger charge is 2.38. The summed E-state index contributed by atoms with van der Waals surface area (Å²) in [4.78, 5) is 28.1. The molecule has 30 heavy (non-hydrogen) atoms. The number of hydrogen-bond acceptors (Lipinski definition) is 4. The number of hydrogen-bond donors (Lipinski definition) is 1. The van der Waals surface area contributed by atoms with Crippen LogP contribution in [0.1, 0.15) is 58.9 Å². The zero-order valence-electron chi connectivity index (χ0n) is 19.2. The van der Waals surface area contributed by atoms with Gasteiger partial charge in [0.1, 0.15) is 0 Å². The van der Waals surface area contributed by atoms with E-state index >= 15 is 0 Å². The normalized spacial score (nSPS) is 21.2. The molecule has 2 heterocycles. The summed E-state index contributed by atoms with van der Waals surface area (Å²) in [5.41, 5.74) is 2.28. The summed E-state index contributed by atoms with van der Waals surface area (Å²) in [6.45, 7) is 11.4. The van der Waals surface area contributed by atoms with Gasteiger partial charge in [-0.2, -0.15) is 0 Å². The van der Waals surface area contributed by atoms with Gasteiger partial charge >= 0.3 is 12.0 Å². The summed E-state index contributed by atoms with van der Waals surface area (Å²) >= 11 is 0. The molecule has 6 nitrogen and oxygen atoms in total. The van der Waals surface area contributed by atoms with Crippen molar-refractivity contribution in [2.24, 2.45) is 5.92 Å². The Morgan fingerprint density at radius 3 is 2.33 bits per heavy atom. The predicted molar refractivity (Wildman–Crippen MR) is 120 cm³/mol. The highest BCUT2D eigenvalue weighted by atomic mass is 16.5. The first-order valence-corrected chi connectivity index (χ1v) is 11.1. The molecule has 0 unspecified atom stereocenters. The van der Waals surface area contributed by atoms with E-state index in [-0.39, 0.29) is 23.1 Å². The molecule has 0 atom stereocenters. The van der Waals surface area contributed by atoms with E-state index in [0.29, 0.717) is 18.8 Å². The lowest BCUT2D eigenvalue weighted by Gasteiger charge is -2.47. The Hall–Kier alpha value is -2.08. The van der Waals surface area contributed by atoms with E-state index < -0.39 is 0 Å². The second-order valence-electron chi connectivity index (χ2n) is 10.1. The Morgan fingerprint density at radius 2 is 1.73 bits per heavy atom. The zero-order valence-corrected chi connectivity index (χ0v) is 19.2. The van der Waals surface area contributed by atoms with Gasteiger partial charge in [0.15, 0.2) is 0 Å². The van der Waals surface area contributed by atoms with Crippen LogP contribution in [-0.2, 0) is 16.0 Å². The molecular formula is C24H37N3O3. The highest BCUT2D eigenvalue weighted by Crippen LogP contribution is 2.35. The fraction of sp³-hybridized carbons (Fsp3) is 0.667. The zero-order chi connectivity index (χ0) is 21.9. The monoisotopic (exact) mass is 415 g/mol. The Morgan fingerprint density at radius 1 is 1.10 bits per heavy atom. The van der Waals surface area contributed by atoms with Gasteiger partial charge in [0.25, 0.3) is 0 Å². The largest absolute Gasteiger partial charge is 0.469 e. The van der Waals surface area contributed by atoms with Crippen molar-refractivity contribution in [3.63, 3.8) is 0 Å². The molecule has 166 valence electrons. The number of carbonyl (C=O) groups is 2. The molecule has 0 saturated carbocycles. The van der Waals surface area contributed by atoms with Crippen molar-refractivity contribution in [1.82, 2.24) is 10.2 Å². The molecule has 2 aliphatic heterocycles. The number of piperidine rings is 1. The molecule has 0 aliphatic carbocycles. The Labute approximate surface area is 180 Å². The molecule has 0 bridgehead atoms. The molecule has 2 fully saturated rings. The number of nitrogens with zero attached hydrogens (tertiary/aromatic N) is 2. The topological polar surface area (TPSA) is 61.9 Å². The van der Waals surface area contributed by atoms with Gasteiger partial charge in [-0.25, -0.2) is 4.79 Å². The number of carbonyl (C=O) groups excluding carboxylic acids is 2. The number of urea groups is 1. The maximum Gasteiger partial charge on any atom is 0.324 e. The third-order valence-electron chi connectivity index (χ3n) is 6.27. The number of aryl methyl sites for hydroxylation is 1. The molecule has 0 spiro atoms. The average Bonchev–Trinajstić information content (AvgIpc) is 3.03. The van der Waals surface area contributed by atoms with Gasteiger partial charge in [-0.05, 0) is 77.0 Å². The first-order valence-electron chi connectivity index (χ1n) is 11.1.